The summed E-state index contributed by atoms with van der Waals surface area (Å²) >= 11 is 0. The van der Waals surface area contributed by atoms with Crippen molar-refractivity contribution in [2.24, 2.45) is 5.92 Å². The van der Waals surface area contributed by atoms with Crippen LogP contribution >= 0.6 is 0 Å². The Bertz CT molecular complexity index is 1010. The molecule has 9 nitrogen and oxygen atoms in total. The highest BCUT2D eigenvalue weighted by Gasteiger charge is 2.39. The number of hydrogen-bond acceptors (Lipinski definition) is 6. The number of amides is 3. The van der Waals surface area contributed by atoms with E-state index in [9.17, 15) is 14.4 Å². The van der Waals surface area contributed by atoms with Crippen molar-refractivity contribution in [1.29, 1.82) is 0 Å². The van der Waals surface area contributed by atoms with E-state index in [1.165, 1.54) is 0 Å². The number of nitrogens with zero attached hydrogens (tertiary/aromatic N) is 4. The third kappa shape index (κ3) is 3.49. The van der Waals surface area contributed by atoms with Gasteiger partial charge in [0.2, 0.25) is 11.8 Å². The van der Waals surface area contributed by atoms with Crippen molar-refractivity contribution in [1.82, 2.24) is 30.5 Å². The molecule has 0 spiro atoms. The molecule has 0 radical (unpaired) electrons. The van der Waals surface area contributed by atoms with Crippen LogP contribution in [0.2, 0.25) is 0 Å². The Morgan fingerprint density at radius 2 is 1.93 bits per heavy atom. The highest BCUT2D eigenvalue weighted by atomic mass is 16.2. The van der Waals surface area contributed by atoms with E-state index >= 15 is 0 Å². The van der Waals surface area contributed by atoms with E-state index in [1.807, 2.05) is 24.4 Å². The van der Waals surface area contributed by atoms with Gasteiger partial charge >= 0.3 is 0 Å². The number of carbonyl (C=O) groups excluding carboxylic acids is 3. The molecule has 3 aliphatic heterocycles. The number of piperidine rings is 2. The van der Waals surface area contributed by atoms with Gasteiger partial charge in [-0.05, 0) is 62.4 Å². The first-order valence-corrected chi connectivity index (χ1v) is 10.5. The van der Waals surface area contributed by atoms with Gasteiger partial charge in [-0.3, -0.25) is 19.7 Å². The second-order valence-corrected chi connectivity index (χ2v) is 8.29. The van der Waals surface area contributed by atoms with Crippen molar-refractivity contribution in [3.63, 3.8) is 0 Å². The van der Waals surface area contributed by atoms with E-state index in [2.05, 4.69) is 20.9 Å². The van der Waals surface area contributed by atoms with Crippen molar-refractivity contribution >= 4 is 17.7 Å². The maximum absolute atomic E-state index is 13.0. The highest BCUT2D eigenvalue weighted by Crippen LogP contribution is 2.29. The zero-order valence-electron chi connectivity index (χ0n) is 16.6. The van der Waals surface area contributed by atoms with Crippen molar-refractivity contribution in [3.05, 3.63) is 41.2 Å². The van der Waals surface area contributed by atoms with Gasteiger partial charge in [0.15, 0.2) is 0 Å². The number of aromatic nitrogens is 3. The first kappa shape index (κ1) is 18.9. The molecule has 1 atom stereocenters. The number of fused-ring (bicyclic) bond motifs is 1. The van der Waals surface area contributed by atoms with Crippen LogP contribution in [0.25, 0.3) is 5.69 Å². The molecule has 1 aromatic carbocycles. The van der Waals surface area contributed by atoms with Gasteiger partial charge < -0.3 is 10.2 Å². The van der Waals surface area contributed by atoms with Gasteiger partial charge in [0.25, 0.3) is 5.91 Å². The summed E-state index contributed by atoms with van der Waals surface area (Å²) in [6.45, 7) is 2.48. The molecule has 5 rings (SSSR count). The Morgan fingerprint density at radius 1 is 1.10 bits per heavy atom. The average molecular weight is 408 g/mol. The average Bonchev–Trinajstić information content (AvgIpc) is 3.33. The van der Waals surface area contributed by atoms with Crippen molar-refractivity contribution < 1.29 is 14.4 Å². The molecule has 156 valence electrons. The summed E-state index contributed by atoms with van der Waals surface area (Å²) in [5.74, 6) is -0.239. The van der Waals surface area contributed by atoms with Crippen molar-refractivity contribution in [2.75, 3.05) is 13.1 Å². The lowest BCUT2D eigenvalue weighted by molar-refractivity contribution is -0.136. The molecular weight excluding hydrogens is 384 g/mol. The molecule has 30 heavy (non-hydrogen) atoms. The van der Waals surface area contributed by atoms with Crippen LogP contribution in [0.3, 0.4) is 0 Å². The minimum atomic E-state index is -0.603. The zero-order chi connectivity index (χ0) is 20.7. The fourth-order valence-corrected chi connectivity index (χ4v) is 4.58. The smallest absolute Gasteiger partial charge is 0.255 e. The molecule has 2 fully saturated rings. The predicted octanol–water partition coefficient (Wildman–Crippen LogP) is 0.570. The maximum Gasteiger partial charge on any atom is 0.255 e. The van der Waals surface area contributed by atoms with Crippen LogP contribution in [-0.4, -0.2) is 56.7 Å². The molecule has 0 bridgehead atoms. The number of hydrogen-bond donors (Lipinski definition) is 2. The predicted molar refractivity (Wildman–Crippen MR) is 107 cm³/mol. The summed E-state index contributed by atoms with van der Waals surface area (Å²) in [5.41, 5.74) is 3.19. The molecule has 1 aromatic heterocycles. The Hall–Kier alpha value is -3.07. The lowest BCUT2D eigenvalue weighted by Gasteiger charge is -2.29. The zero-order valence-corrected chi connectivity index (χ0v) is 16.6. The summed E-state index contributed by atoms with van der Waals surface area (Å²) < 4.78 is 1.71. The van der Waals surface area contributed by atoms with Gasteiger partial charge in [-0.15, -0.1) is 5.10 Å². The molecule has 9 heteroatoms. The summed E-state index contributed by atoms with van der Waals surface area (Å²) in [6.07, 6.45) is 5.75. The molecule has 2 aromatic rings. The number of imide groups is 1. The monoisotopic (exact) mass is 408 g/mol. The lowest BCUT2D eigenvalue weighted by atomic mass is 9.93. The fourth-order valence-electron chi connectivity index (χ4n) is 4.58. The molecule has 0 saturated carbocycles. The van der Waals surface area contributed by atoms with E-state index in [-0.39, 0.29) is 18.2 Å². The first-order valence-electron chi connectivity index (χ1n) is 10.5. The van der Waals surface area contributed by atoms with E-state index in [1.54, 1.807) is 9.58 Å². The first-order chi connectivity index (χ1) is 14.6. The summed E-state index contributed by atoms with van der Waals surface area (Å²) in [5, 5.41) is 14.3. The second kappa shape index (κ2) is 7.64. The van der Waals surface area contributed by atoms with Crippen LogP contribution in [0.1, 0.15) is 47.3 Å². The Morgan fingerprint density at radius 3 is 2.73 bits per heavy atom. The van der Waals surface area contributed by atoms with Crippen LogP contribution in [0.5, 0.6) is 0 Å². The number of carbonyl (C=O) groups is 3. The molecule has 0 aliphatic carbocycles. The third-order valence-corrected chi connectivity index (χ3v) is 6.27. The molecular formula is C21H24N6O3. The van der Waals surface area contributed by atoms with Crippen molar-refractivity contribution in [3.8, 4) is 5.69 Å². The molecule has 2 saturated heterocycles. The van der Waals surface area contributed by atoms with Gasteiger partial charge in [0, 0.05) is 18.5 Å². The molecule has 2 N–H and O–H groups in total. The Labute approximate surface area is 173 Å². The van der Waals surface area contributed by atoms with Gasteiger partial charge in [0.05, 0.1) is 17.6 Å². The normalized spacial score (nSPS) is 22.3. The van der Waals surface area contributed by atoms with Gasteiger partial charge in [-0.25, -0.2) is 4.68 Å². The third-order valence-electron chi connectivity index (χ3n) is 6.27. The lowest BCUT2D eigenvalue weighted by Crippen LogP contribution is -2.52. The second-order valence-electron chi connectivity index (χ2n) is 8.29. The Kier molecular flexibility index (Phi) is 4.82. The topological polar surface area (TPSA) is 109 Å². The molecule has 3 aliphatic rings. The van der Waals surface area contributed by atoms with Crippen LogP contribution in [0.4, 0.5) is 0 Å². The van der Waals surface area contributed by atoms with Crippen molar-refractivity contribution in [2.45, 2.75) is 44.7 Å². The largest absolute Gasteiger partial charge is 0.322 e. The summed E-state index contributed by atoms with van der Waals surface area (Å²) in [7, 11) is 0. The van der Waals surface area contributed by atoms with Crippen LogP contribution in [0.15, 0.2) is 24.4 Å². The van der Waals surface area contributed by atoms with Gasteiger partial charge in [0.1, 0.15) is 6.04 Å². The van der Waals surface area contributed by atoms with Gasteiger partial charge in [-0.1, -0.05) is 11.3 Å². The van der Waals surface area contributed by atoms with E-state index in [4.69, 9.17) is 0 Å². The van der Waals surface area contributed by atoms with E-state index in [0.717, 1.165) is 49.3 Å². The SMILES string of the molecule is O=C1CCC(N2Cc3ccc(-n4cc(CC5CCNCC5)nn4)cc3C2=O)C(=O)N1. The minimum absolute atomic E-state index is 0.184. The quantitative estimate of drug-likeness (QED) is 0.716. The van der Waals surface area contributed by atoms with Crippen LogP contribution in [-0.2, 0) is 22.6 Å². The minimum Gasteiger partial charge on any atom is -0.322 e. The van der Waals surface area contributed by atoms with E-state index < -0.39 is 11.9 Å². The Balaban J connectivity index is 1.32. The summed E-state index contributed by atoms with van der Waals surface area (Å²) in [4.78, 5) is 38.1. The maximum atomic E-state index is 13.0. The number of rotatable bonds is 4. The van der Waals surface area contributed by atoms with Crippen LogP contribution < -0.4 is 10.6 Å². The highest BCUT2D eigenvalue weighted by molar-refractivity contribution is 6.05. The van der Waals surface area contributed by atoms with Crippen LogP contribution in [0, 0.1) is 5.92 Å². The molecule has 3 amide bonds. The molecule has 1 unspecified atom stereocenters. The summed E-state index contributed by atoms with van der Waals surface area (Å²) in [6, 6.07) is 5.03. The number of nitrogens with one attached hydrogen (secondary N) is 2. The van der Waals surface area contributed by atoms with Gasteiger partial charge in [-0.2, -0.15) is 0 Å². The number of benzene rings is 1. The van der Waals surface area contributed by atoms with E-state index in [0.29, 0.717) is 24.4 Å². The standard InChI is InChI=1S/C21H24N6O3/c28-19-4-3-18(20(29)23-19)26-11-14-1-2-16(10-17(14)21(26)30)27-12-15(24-25-27)9-13-5-7-22-8-6-13/h1-2,10,12-13,18,22H,3-9,11H2,(H,23,28,29). The fraction of sp³-hybridized carbons (Fsp3) is 0.476. The molecule has 4 heterocycles.